The number of carbonyl (C=O) groups is 1. The molecule has 1 unspecified atom stereocenters. The fourth-order valence-corrected chi connectivity index (χ4v) is 3.49. The van der Waals surface area contributed by atoms with E-state index in [0.717, 1.165) is 37.9 Å². The van der Waals surface area contributed by atoms with Crippen molar-refractivity contribution in [1.29, 1.82) is 0 Å². The molecule has 1 spiro atoms. The SMILES string of the molecule is CC.O=C(O)C1CC2(CCNCC2)c2ccccc21. The zero-order chi connectivity index (χ0) is 13.9. The second-order valence-corrected chi connectivity index (χ2v) is 5.21. The number of aliphatic carboxylic acids is 1. The highest BCUT2D eigenvalue weighted by Gasteiger charge is 2.46. The van der Waals surface area contributed by atoms with Crippen LogP contribution in [0.5, 0.6) is 0 Å². The Morgan fingerprint density at radius 3 is 2.53 bits per heavy atom. The number of nitrogens with one attached hydrogen (secondary N) is 1. The van der Waals surface area contributed by atoms with Gasteiger partial charge in [0.2, 0.25) is 0 Å². The lowest BCUT2D eigenvalue weighted by molar-refractivity contribution is -0.139. The number of benzene rings is 1. The second-order valence-electron chi connectivity index (χ2n) is 5.21. The molecule has 1 aromatic rings. The molecule has 104 valence electrons. The molecule has 2 N–H and O–H groups in total. The molecular weight excluding hydrogens is 238 g/mol. The molecule has 1 aliphatic carbocycles. The van der Waals surface area contributed by atoms with E-state index in [0.29, 0.717) is 0 Å². The minimum Gasteiger partial charge on any atom is -0.481 e. The van der Waals surface area contributed by atoms with Crippen LogP contribution in [0.2, 0.25) is 0 Å². The molecule has 0 radical (unpaired) electrons. The highest BCUT2D eigenvalue weighted by atomic mass is 16.4. The van der Waals surface area contributed by atoms with Crippen molar-refractivity contribution in [1.82, 2.24) is 5.32 Å². The van der Waals surface area contributed by atoms with Gasteiger partial charge in [0.05, 0.1) is 5.92 Å². The first-order valence-electron chi connectivity index (χ1n) is 7.26. The van der Waals surface area contributed by atoms with Crippen LogP contribution in [0.15, 0.2) is 24.3 Å². The third kappa shape index (κ3) is 2.39. The number of carboxylic acids is 1. The Labute approximate surface area is 115 Å². The minimum atomic E-state index is -0.673. The van der Waals surface area contributed by atoms with E-state index in [4.69, 9.17) is 0 Å². The predicted molar refractivity (Wildman–Crippen MR) is 76.6 cm³/mol. The van der Waals surface area contributed by atoms with Gasteiger partial charge in [-0.3, -0.25) is 4.79 Å². The van der Waals surface area contributed by atoms with Crippen LogP contribution >= 0.6 is 0 Å². The Bertz CT molecular complexity index is 450. The first kappa shape index (κ1) is 14.1. The molecule has 1 fully saturated rings. The molecule has 0 bridgehead atoms. The molecule has 3 rings (SSSR count). The molecule has 19 heavy (non-hydrogen) atoms. The molecule has 1 saturated heterocycles. The zero-order valence-electron chi connectivity index (χ0n) is 11.8. The summed E-state index contributed by atoms with van der Waals surface area (Å²) in [5, 5.41) is 12.7. The van der Waals surface area contributed by atoms with Gasteiger partial charge < -0.3 is 10.4 Å². The molecule has 0 amide bonds. The monoisotopic (exact) mass is 261 g/mol. The van der Waals surface area contributed by atoms with Gasteiger partial charge >= 0.3 is 5.97 Å². The molecule has 1 aromatic carbocycles. The standard InChI is InChI=1S/C14H17NO2.C2H6/c16-13(17)11-9-14(5-7-15-8-6-14)12-4-2-1-3-10(11)12;1-2/h1-4,11,15H,5-9H2,(H,16,17);1-2H3. The molecule has 0 saturated carbocycles. The van der Waals surface area contributed by atoms with Gasteiger partial charge in [-0.15, -0.1) is 0 Å². The number of rotatable bonds is 1. The van der Waals surface area contributed by atoms with Gasteiger partial charge in [0, 0.05) is 0 Å². The number of fused-ring (bicyclic) bond motifs is 2. The Morgan fingerprint density at radius 1 is 1.26 bits per heavy atom. The van der Waals surface area contributed by atoms with E-state index in [2.05, 4.69) is 11.4 Å². The highest BCUT2D eigenvalue weighted by Crippen LogP contribution is 2.50. The summed E-state index contributed by atoms with van der Waals surface area (Å²) in [5.74, 6) is -0.975. The summed E-state index contributed by atoms with van der Waals surface area (Å²) in [7, 11) is 0. The van der Waals surface area contributed by atoms with E-state index in [9.17, 15) is 9.90 Å². The number of hydrogen-bond acceptors (Lipinski definition) is 2. The number of piperidine rings is 1. The van der Waals surface area contributed by atoms with Crippen molar-refractivity contribution in [2.75, 3.05) is 13.1 Å². The zero-order valence-corrected chi connectivity index (χ0v) is 11.8. The Hall–Kier alpha value is -1.35. The van der Waals surface area contributed by atoms with Gasteiger partial charge in [-0.1, -0.05) is 38.1 Å². The van der Waals surface area contributed by atoms with Crippen LogP contribution in [0.1, 0.15) is 50.2 Å². The largest absolute Gasteiger partial charge is 0.481 e. The average Bonchev–Trinajstić information content (AvgIpc) is 2.78. The van der Waals surface area contributed by atoms with Crippen molar-refractivity contribution in [2.24, 2.45) is 0 Å². The van der Waals surface area contributed by atoms with E-state index in [-0.39, 0.29) is 11.3 Å². The van der Waals surface area contributed by atoms with Crippen molar-refractivity contribution < 1.29 is 9.90 Å². The molecular formula is C16H23NO2. The van der Waals surface area contributed by atoms with Gasteiger partial charge in [-0.05, 0) is 48.9 Å². The van der Waals surface area contributed by atoms with Crippen molar-refractivity contribution in [2.45, 2.75) is 44.4 Å². The maximum absolute atomic E-state index is 11.4. The van der Waals surface area contributed by atoms with Gasteiger partial charge in [-0.2, -0.15) is 0 Å². The fourth-order valence-electron chi connectivity index (χ4n) is 3.49. The molecule has 2 aliphatic rings. The van der Waals surface area contributed by atoms with Gasteiger partial charge in [-0.25, -0.2) is 0 Å². The van der Waals surface area contributed by atoms with Crippen LogP contribution in [0.25, 0.3) is 0 Å². The van der Waals surface area contributed by atoms with E-state index in [1.54, 1.807) is 0 Å². The number of hydrogen-bond donors (Lipinski definition) is 2. The Morgan fingerprint density at radius 2 is 1.89 bits per heavy atom. The van der Waals surface area contributed by atoms with Crippen molar-refractivity contribution in [3.8, 4) is 0 Å². The summed E-state index contributed by atoms with van der Waals surface area (Å²) >= 11 is 0. The third-order valence-electron chi connectivity index (χ3n) is 4.36. The maximum atomic E-state index is 11.4. The average molecular weight is 261 g/mol. The first-order chi connectivity index (χ1) is 9.23. The lowest BCUT2D eigenvalue weighted by atomic mass is 9.74. The van der Waals surface area contributed by atoms with Crippen LogP contribution in [-0.4, -0.2) is 24.2 Å². The van der Waals surface area contributed by atoms with E-state index >= 15 is 0 Å². The van der Waals surface area contributed by atoms with Gasteiger partial charge in [0.15, 0.2) is 0 Å². The Kier molecular flexibility index (Phi) is 4.25. The predicted octanol–water partition coefficient (Wildman–Crippen LogP) is 2.91. The second kappa shape index (κ2) is 5.74. The van der Waals surface area contributed by atoms with E-state index in [1.165, 1.54) is 5.56 Å². The van der Waals surface area contributed by atoms with Crippen molar-refractivity contribution in [3.05, 3.63) is 35.4 Å². The van der Waals surface area contributed by atoms with Crippen LogP contribution in [-0.2, 0) is 10.2 Å². The smallest absolute Gasteiger partial charge is 0.311 e. The van der Waals surface area contributed by atoms with Crippen molar-refractivity contribution >= 4 is 5.97 Å². The quantitative estimate of drug-likeness (QED) is 0.817. The topological polar surface area (TPSA) is 49.3 Å². The number of carboxylic acid groups (broad SMARTS) is 1. The normalized spacial score (nSPS) is 23.4. The highest BCUT2D eigenvalue weighted by molar-refractivity contribution is 5.78. The lowest BCUT2D eigenvalue weighted by Gasteiger charge is -2.35. The van der Waals surface area contributed by atoms with E-state index < -0.39 is 5.97 Å². The van der Waals surface area contributed by atoms with Crippen LogP contribution < -0.4 is 5.32 Å². The summed E-state index contributed by atoms with van der Waals surface area (Å²) in [5.41, 5.74) is 2.45. The Balaban J connectivity index is 0.000000637. The van der Waals surface area contributed by atoms with E-state index in [1.807, 2.05) is 32.0 Å². The maximum Gasteiger partial charge on any atom is 0.311 e. The minimum absolute atomic E-state index is 0.116. The summed E-state index contributed by atoms with van der Waals surface area (Å²) in [6.07, 6.45) is 2.91. The lowest BCUT2D eigenvalue weighted by Crippen LogP contribution is -2.38. The summed E-state index contributed by atoms with van der Waals surface area (Å²) in [6, 6.07) is 8.11. The van der Waals surface area contributed by atoms with Crippen LogP contribution in [0.4, 0.5) is 0 Å². The molecule has 0 aromatic heterocycles. The third-order valence-corrected chi connectivity index (χ3v) is 4.36. The summed E-state index contributed by atoms with van der Waals surface area (Å²) in [4.78, 5) is 11.4. The fraction of sp³-hybridized carbons (Fsp3) is 0.562. The summed E-state index contributed by atoms with van der Waals surface area (Å²) < 4.78 is 0. The van der Waals surface area contributed by atoms with Crippen LogP contribution in [0, 0.1) is 0 Å². The van der Waals surface area contributed by atoms with Crippen LogP contribution in [0.3, 0.4) is 0 Å². The molecule has 3 heteroatoms. The molecule has 3 nitrogen and oxygen atoms in total. The molecule has 1 atom stereocenters. The molecule has 1 aliphatic heterocycles. The first-order valence-corrected chi connectivity index (χ1v) is 7.26. The molecule has 1 heterocycles. The van der Waals surface area contributed by atoms with Gasteiger partial charge in [0.25, 0.3) is 0 Å². The summed E-state index contributed by atoms with van der Waals surface area (Å²) in [6.45, 7) is 6.00. The van der Waals surface area contributed by atoms with Gasteiger partial charge in [0.1, 0.15) is 0 Å². The van der Waals surface area contributed by atoms with Crippen molar-refractivity contribution in [3.63, 3.8) is 0 Å².